The van der Waals surface area contributed by atoms with Crippen LogP contribution in [0.3, 0.4) is 0 Å². The highest BCUT2D eigenvalue weighted by Gasteiger charge is 2.42. The summed E-state index contributed by atoms with van der Waals surface area (Å²) in [6.07, 6.45) is 2.72. The molecule has 0 atom stereocenters. The molecule has 52 heavy (non-hydrogen) atoms. The number of hydrogen-bond acceptors (Lipinski definition) is 4. The van der Waals surface area contributed by atoms with E-state index in [0.717, 1.165) is 34.4 Å². The zero-order valence-corrected chi connectivity index (χ0v) is 33.2. The summed E-state index contributed by atoms with van der Waals surface area (Å²) in [6, 6.07) is 44.6. The topological polar surface area (TPSA) is 54.1 Å². The second-order valence-electron chi connectivity index (χ2n) is 14.6. The molecule has 0 aliphatic heterocycles. The molecule has 0 bridgehead atoms. The van der Waals surface area contributed by atoms with Crippen molar-refractivity contribution in [2.75, 3.05) is 4.90 Å². The van der Waals surface area contributed by atoms with Crippen LogP contribution in [0, 0.1) is 17.1 Å². The Bertz CT molecular complexity index is 2080. The van der Waals surface area contributed by atoms with Crippen LogP contribution < -0.4 is 9.33 Å². The number of imidazole rings is 1. The summed E-state index contributed by atoms with van der Waals surface area (Å²) in [5.74, 6) is 0.497. The Labute approximate surface area is 316 Å². The minimum Gasteiger partial charge on any atom is -0.542 e. The van der Waals surface area contributed by atoms with E-state index in [1.54, 1.807) is 12.1 Å². The van der Waals surface area contributed by atoms with Gasteiger partial charge in [0.25, 0.3) is 8.32 Å². The molecule has 6 aromatic rings. The van der Waals surface area contributed by atoms with Crippen molar-refractivity contribution >= 4 is 35.9 Å². The molecular weight excluding hydrogens is 727 g/mol. The minimum atomic E-state index is -2.36. The van der Waals surface area contributed by atoms with Crippen molar-refractivity contribution in [1.29, 1.82) is 5.26 Å². The van der Waals surface area contributed by atoms with Crippen molar-refractivity contribution in [3.63, 3.8) is 0 Å². The van der Waals surface area contributed by atoms with Gasteiger partial charge in [0.15, 0.2) is 5.82 Å². The van der Waals surface area contributed by atoms with Gasteiger partial charge in [0.05, 0.1) is 18.2 Å². The largest absolute Gasteiger partial charge is 0.542 e. The Morgan fingerprint density at radius 3 is 1.81 bits per heavy atom. The maximum absolute atomic E-state index is 16.9. The van der Waals surface area contributed by atoms with Crippen LogP contribution >= 0.6 is 15.9 Å². The molecule has 0 fully saturated rings. The highest BCUT2D eigenvalue weighted by molar-refractivity contribution is 9.10. The number of nitrogens with zero attached hydrogens (tertiary/aromatic N) is 4. The van der Waals surface area contributed by atoms with Gasteiger partial charge < -0.3 is 9.33 Å². The molecule has 0 amide bonds. The van der Waals surface area contributed by atoms with Crippen LogP contribution in [0.1, 0.15) is 61.1 Å². The van der Waals surface area contributed by atoms with Gasteiger partial charge in [-0.1, -0.05) is 125 Å². The van der Waals surface area contributed by atoms with E-state index in [1.165, 1.54) is 0 Å². The number of aromatic nitrogens is 2. The fraction of sp³-hybridized carbons (Fsp3) is 0.227. The monoisotopic (exact) mass is 770 g/mol. The van der Waals surface area contributed by atoms with Crippen molar-refractivity contribution < 1.29 is 8.82 Å². The highest BCUT2D eigenvalue weighted by Crippen LogP contribution is 2.46. The van der Waals surface area contributed by atoms with Gasteiger partial charge in [-0.2, -0.15) is 5.26 Å². The van der Waals surface area contributed by atoms with E-state index in [0.29, 0.717) is 21.7 Å². The molecule has 5 aromatic carbocycles. The van der Waals surface area contributed by atoms with Crippen molar-refractivity contribution in [2.45, 2.75) is 64.3 Å². The first kappa shape index (κ1) is 36.8. The number of benzene rings is 5. The predicted octanol–water partition coefficient (Wildman–Crippen LogP) is 11.8. The molecule has 264 valence electrons. The predicted molar refractivity (Wildman–Crippen MR) is 215 cm³/mol. The first-order valence-corrected chi connectivity index (χ1v) is 21.3. The summed E-state index contributed by atoms with van der Waals surface area (Å²) in [7, 11) is -2.36. The van der Waals surface area contributed by atoms with Gasteiger partial charge in [-0.15, -0.1) is 0 Å². The lowest BCUT2D eigenvalue weighted by molar-refractivity contribution is 0.452. The van der Waals surface area contributed by atoms with Crippen LogP contribution in [0.25, 0.3) is 0 Å². The molecule has 8 heteroatoms. The molecule has 1 aromatic heterocycles. The number of anilines is 2. The molecule has 6 rings (SSSR count). The molecule has 0 N–H and O–H groups in total. The lowest BCUT2D eigenvalue weighted by atomic mass is 9.76. The van der Waals surface area contributed by atoms with Gasteiger partial charge >= 0.3 is 0 Å². The van der Waals surface area contributed by atoms with Crippen LogP contribution in [-0.4, -0.2) is 17.9 Å². The highest BCUT2D eigenvalue weighted by atomic mass is 79.9. The second-order valence-corrected chi connectivity index (χ2v) is 20.1. The van der Waals surface area contributed by atoms with Gasteiger partial charge in [-0.3, -0.25) is 4.57 Å². The fourth-order valence-corrected chi connectivity index (χ4v) is 7.81. The van der Waals surface area contributed by atoms with Crippen LogP contribution in [0.5, 0.6) is 5.75 Å². The maximum atomic E-state index is 16.9. The van der Waals surface area contributed by atoms with Crippen molar-refractivity contribution in [2.24, 2.45) is 0 Å². The SMILES string of the molecule is CCc1cc(CN(c2ccc(C#N)cc2)c2nc(Br)cn2C(c2ccccc2)(c2ccccc2)c2ccccc2)c(F)c(O[Si](C)(C)C(C)(C)C)c1. The van der Waals surface area contributed by atoms with Crippen LogP contribution in [0.4, 0.5) is 16.0 Å². The van der Waals surface area contributed by atoms with Gasteiger partial charge in [0, 0.05) is 17.4 Å². The van der Waals surface area contributed by atoms with E-state index in [-0.39, 0.29) is 23.1 Å². The summed E-state index contributed by atoms with van der Waals surface area (Å²) in [5, 5.41) is 9.57. The summed E-state index contributed by atoms with van der Waals surface area (Å²) >= 11 is 3.75. The minimum absolute atomic E-state index is 0.108. The molecule has 0 radical (unpaired) electrons. The third kappa shape index (κ3) is 7.08. The van der Waals surface area contributed by atoms with Gasteiger partial charge in [0.2, 0.25) is 5.95 Å². The zero-order valence-electron chi connectivity index (χ0n) is 30.6. The molecule has 0 spiro atoms. The van der Waals surface area contributed by atoms with Crippen LogP contribution in [0.2, 0.25) is 18.1 Å². The fourth-order valence-electron chi connectivity index (χ4n) is 6.44. The first-order chi connectivity index (χ1) is 24.9. The van der Waals surface area contributed by atoms with E-state index in [9.17, 15) is 5.26 Å². The van der Waals surface area contributed by atoms with Crippen molar-refractivity contribution in [1.82, 2.24) is 9.55 Å². The quantitative estimate of drug-likeness (QED) is 0.0972. The number of rotatable bonds is 11. The van der Waals surface area contributed by atoms with Gasteiger partial charge in [-0.05, 0) is 93.1 Å². The number of aryl methyl sites for hydroxylation is 1. The van der Waals surface area contributed by atoms with E-state index >= 15 is 4.39 Å². The average molecular weight is 772 g/mol. The lowest BCUT2D eigenvalue weighted by Crippen LogP contribution is -2.44. The lowest BCUT2D eigenvalue weighted by Gasteiger charge is -2.40. The smallest absolute Gasteiger partial charge is 0.250 e. The third-order valence-corrected chi connectivity index (χ3v) is 15.0. The Kier molecular flexibility index (Phi) is 10.6. The Hall–Kier alpha value is -4.97. The molecule has 5 nitrogen and oxygen atoms in total. The van der Waals surface area contributed by atoms with Crippen LogP contribution in [-0.2, 0) is 18.5 Å². The molecule has 0 saturated heterocycles. The van der Waals surface area contributed by atoms with Gasteiger partial charge in [0.1, 0.15) is 15.9 Å². The average Bonchev–Trinajstić information content (AvgIpc) is 3.54. The summed E-state index contributed by atoms with van der Waals surface area (Å²) in [6.45, 7) is 13.0. The summed E-state index contributed by atoms with van der Waals surface area (Å²) < 4.78 is 26.4. The van der Waals surface area contributed by atoms with Crippen molar-refractivity contribution in [3.8, 4) is 11.8 Å². The Morgan fingerprint density at radius 2 is 1.35 bits per heavy atom. The van der Waals surface area contributed by atoms with E-state index in [4.69, 9.17) is 9.41 Å². The zero-order chi connectivity index (χ0) is 37.1. The molecule has 1 heterocycles. The van der Waals surface area contributed by atoms with E-state index in [1.807, 2.05) is 53.6 Å². The molecular formula is C44H44BrFN4OSi. The molecule has 0 unspecified atom stereocenters. The van der Waals surface area contributed by atoms with Crippen molar-refractivity contribution in [3.05, 3.63) is 177 Å². The van der Waals surface area contributed by atoms with Gasteiger partial charge in [-0.25, -0.2) is 9.37 Å². The first-order valence-electron chi connectivity index (χ1n) is 17.6. The Balaban J connectivity index is 1.64. The normalized spacial score (nSPS) is 12.0. The molecule has 0 aliphatic carbocycles. The third-order valence-electron chi connectivity index (χ3n) is 10.2. The van der Waals surface area contributed by atoms with E-state index in [2.05, 4.69) is 140 Å². The molecule has 0 saturated carbocycles. The maximum Gasteiger partial charge on any atom is 0.250 e. The Morgan fingerprint density at radius 1 is 0.827 bits per heavy atom. The van der Waals surface area contributed by atoms with Crippen LogP contribution in [0.15, 0.2) is 138 Å². The summed E-state index contributed by atoms with van der Waals surface area (Å²) in [4.78, 5) is 7.18. The molecule has 0 aliphatic rings. The second kappa shape index (κ2) is 14.9. The number of hydrogen-bond donors (Lipinski definition) is 0. The summed E-state index contributed by atoms with van der Waals surface area (Å²) in [5.41, 5.74) is 4.98. The van der Waals surface area contributed by atoms with E-state index < -0.39 is 13.9 Å². The number of nitriles is 1. The number of halogens is 2. The standard InChI is InChI=1S/C44H44BrFN4OSi/c1-7-32-27-34(41(46)39(28-32)51-52(5,6)43(2,3)4)30-49(38-25-23-33(29-47)24-26-38)42-48-40(45)31-50(42)44(35-17-11-8-12-18-35,36-19-13-9-14-20-36)37-21-15-10-16-22-37/h8-28,31H,7,30H2,1-6H3.